The largest absolute Gasteiger partial charge is 0.354 e. The molecule has 0 bridgehead atoms. The molecule has 0 atom stereocenters. The lowest BCUT2D eigenvalue weighted by Gasteiger charge is -2.10. The maximum atomic E-state index is 4.40. The molecule has 0 aliphatic carbocycles. The van der Waals surface area contributed by atoms with E-state index in [2.05, 4.69) is 81.6 Å². The van der Waals surface area contributed by atoms with Crippen molar-refractivity contribution in [3.63, 3.8) is 0 Å². The molecule has 6 heteroatoms. The second-order valence-electron chi connectivity index (χ2n) is 8.36. The summed E-state index contributed by atoms with van der Waals surface area (Å²) in [6.07, 6.45) is 5.60. The first-order valence-electron chi connectivity index (χ1n) is 10.5. The SMILES string of the molecule is CC(C)c1c(-c2ccnc3[nH]ncc23)[nH]c2ccc(-c3ccc4c(cnn4C)c3)cc12. The van der Waals surface area contributed by atoms with E-state index in [0.29, 0.717) is 5.92 Å². The lowest BCUT2D eigenvalue weighted by atomic mass is 9.94. The summed E-state index contributed by atoms with van der Waals surface area (Å²) in [5, 5.41) is 15.0. The van der Waals surface area contributed by atoms with E-state index >= 15 is 0 Å². The summed E-state index contributed by atoms with van der Waals surface area (Å²) < 4.78 is 1.91. The molecule has 0 aliphatic heterocycles. The maximum absolute atomic E-state index is 4.40. The number of rotatable bonds is 3. The third-order valence-electron chi connectivity index (χ3n) is 6.12. The number of benzene rings is 2. The minimum Gasteiger partial charge on any atom is -0.354 e. The average Bonchev–Trinajstić information content (AvgIpc) is 3.49. The van der Waals surface area contributed by atoms with Gasteiger partial charge in [-0.1, -0.05) is 26.0 Å². The summed E-state index contributed by atoms with van der Waals surface area (Å²) in [7, 11) is 1.97. The van der Waals surface area contributed by atoms with E-state index in [1.165, 1.54) is 22.1 Å². The zero-order valence-corrected chi connectivity index (χ0v) is 17.6. The van der Waals surface area contributed by atoms with Gasteiger partial charge < -0.3 is 4.98 Å². The van der Waals surface area contributed by atoms with Crippen LogP contribution in [0.1, 0.15) is 25.3 Å². The highest BCUT2D eigenvalue weighted by Crippen LogP contribution is 2.39. The average molecular weight is 406 g/mol. The van der Waals surface area contributed by atoms with Crippen molar-refractivity contribution in [3.8, 4) is 22.4 Å². The van der Waals surface area contributed by atoms with Gasteiger partial charge in [0, 0.05) is 40.5 Å². The number of pyridine rings is 1. The highest BCUT2D eigenvalue weighted by Gasteiger charge is 2.19. The van der Waals surface area contributed by atoms with Crippen LogP contribution in [0.5, 0.6) is 0 Å². The summed E-state index contributed by atoms with van der Waals surface area (Å²) in [4.78, 5) is 8.07. The van der Waals surface area contributed by atoms with Crippen molar-refractivity contribution in [3.05, 3.63) is 66.6 Å². The molecule has 6 rings (SSSR count). The van der Waals surface area contributed by atoms with Gasteiger partial charge in [-0.2, -0.15) is 10.2 Å². The molecule has 0 unspecified atom stereocenters. The lowest BCUT2D eigenvalue weighted by Crippen LogP contribution is -1.91. The first-order chi connectivity index (χ1) is 15.1. The monoisotopic (exact) mass is 406 g/mol. The zero-order valence-electron chi connectivity index (χ0n) is 17.6. The van der Waals surface area contributed by atoms with Crippen molar-refractivity contribution >= 4 is 32.8 Å². The fourth-order valence-corrected chi connectivity index (χ4v) is 4.62. The molecule has 0 amide bonds. The molecule has 0 saturated heterocycles. The molecule has 2 N–H and O–H groups in total. The van der Waals surface area contributed by atoms with Gasteiger partial charge >= 0.3 is 0 Å². The van der Waals surface area contributed by atoms with Crippen LogP contribution < -0.4 is 0 Å². The fourth-order valence-electron chi connectivity index (χ4n) is 4.62. The van der Waals surface area contributed by atoms with Crippen LogP contribution in [0, 0.1) is 0 Å². The van der Waals surface area contributed by atoms with Gasteiger partial charge in [0.2, 0.25) is 0 Å². The van der Waals surface area contributed by atoms with Crippen LogP contribution >= 0.6 is 0 Å². The van der Waals surface area contributed by atoms with Crippen molar-refractivity contribution in [1.29, 1.82) is 0 Å². The molecule has 31 heavy (non-hydrogen) atoms. The molecule has 0 spiro atoms. The third-order valence-corrected chi connectivity index (χ3v) is 6.12. The fraction of sp³-hybridized carbons (Fsp3) is 0.160. The van der Waals surface area contributed by atoms with Gasteiger partial charge in [0.1, 0.15) is 0 Å². The zero-order chi connectivity index (χ0) is 21.1. The number of aromatic nitrogens is 6. The van der Waals surface area contributed by atoms with Crippen LogP contribution in [0.2, 0.25) is 0 Å². The Bertz CT molecular complexity index is 1580. The number of fused-ring (bicyclic) bond motifs is 3. The highest BCUT2D eigenvalue weighted by atomic mass is 15.2. The molecule has 0 saturated carbocycles. The molecule has 4 aromatic heterocycles. The number of aromatic amines is 2. The molecule has 0 aliphatic rings. The first-order valence-corrected chi connectivity index (χ1v) is 10.5. The van der Waals surface area contributed by atoms with Crippen LogP contribution in [0.25, 0.3) is 55.2 Å². The van der Waals surface area contributed by atoms with E-state index in [0.717, 1.165) is 38.7 Å². The van der Waals surface area contributed by atoms with Gasteiger partial charge in [-0.05, 0) is 52.9 Å². The number of aryl methyl sites for hydroxylation is 1. The summed E-state index contributed by atoms with van der Waals surface area (Å²) in [6.45, 7) is 4.49. The lowest BCUT2D eigenvalue weighted by molar-refractivity contribution is 0.797. The van der Waals surface area contributed by atoms with Crippen LogP contribution in [-0.2, 0) is 7.05 Å². The van der Waals surface area contributed by atoms with Crippen molar-refractivity contribution < 1.29 is 0 Å². The van der Waals surface area contributed by atoms with E-state index in [9.17, 15) is 0 Å². The van der Waals surface area contributed by atoms with Crippen molar-refractivity contribution in [2.75, 3.05) is 0 Å². The second-order valence-corrected chi connectivity index (χ2v) is 8.36. The van der Waals surface area contributed by atoms with Gasteiger partial charge in [0.25, 0.3) is 0 Å². The minimum atomic E-state index is 0.356. The molecule has 2 aromatic carbocycles. The van der Waals surface area contributed by atoms with Gasteiger partial charge in [-0.25, -0.2) is 4.98 Å². The Morgan fingerprint density at radius 3 is 2.65 bits per heavy atom. The van der Waals surface area contributed by atoms with E-state index in [1.54, 1.807) is 0 Å². The quantitative estimate of drug-likeness (QED) is 0.391. The number of hydrogen-bond acceptors (Lipinski definition) is 3. The number of H-pyrrole nitrogens is 2. The molecule has 0 radical (unpaired) electrons. The van der Waals surface area contributed by atoms with Crippen molar-refractivity contribution in [2.24, 2.45) is 7.05 Å². The Labute approximate surface area is 178 Å². The molecule has 4 heterocycles. The van der Waals surface area contributed by atoms with Gasteiger partial charge in [-0.3, -0.25) is 9.78 Å². The molecular formula is C25H22N6. The summed E-state index contributed by atoms with van der Waals surface area (Å²) >= 11 is 0. The molecule has 6 aromatic rings. The molecule has 0 fully saturated rings. The summed E-state index contributed by atoms with van der Waals surface area (Å²) in [6, 6.07) is 15.3. The van der Waals surface area contributed by atoms with Crippen LogP contribution in [0.3, 0.4) is 0 Å². The van der Waals surface area contributed by atoms with E-state index in [4.69, 9.17) is 0 Å². The summed E-state index contributed by atoms with van der Waals surface area (Å²) in [5.41, 5.74) is 9.05. The topological polar surface area (TPSA) is 75.2 Å². The van der Waals surface area contributed by atoms with Crippen LogP contribution in [-0.4, -0.2) is 29.9 Å². The summed E-state index contributed by atoms with van der Waals surface area (Å²) in [5.74, 6) is 0.356. The Morgan fingerprint density at radius 2 is 1.77 bits per heavy atom. The smallest absolute Gasteiger partial charge is 0.155 e. The first kappa shape index (κ1) is 17.9. The van der Waals surface area contributed by atoms with Crippen LogP contribution in [0.4, 0.5) is 0 Å². The van der Waals surface area contributed by atoms with Gasteiger partial charge in [-0.15, -0.1) is 0 Å². The Hall–Kier alpha value is -3.93. The Morgan fingerprint density at radius 1 is 0.935 bits per heavy atom. The molecule has 152 valence electrons. The predicted octanol–water partition coefficient (Wildman–Crippen LogP) is 5.78. The number of nitrogens with zero attached hydrogens (tertiary/aromatic N) is 4. The maximum Gasteiger partial charge on any atom is 0.155 e. The van der Waals surface area contributed by atoms with Crippen molar-refractivity contribution in [2.45, 2.75) is 19.8 Å². The van der Waals surface area contributed by atoms with Crippen molar-refractivity contribution in [1.82, 2.24) is 29.9 Å². The van der Waals surface area contributed by atoms with E-state index < -0.39 is 0 Å². The second kappa shape index (κ2) is 6.54. The predicted molar refractivity (Wildman–Crippen MR) is 125 cm³/mol. The molecular weight excluding hydrogens is 384 g/mol. The Balaban J connectivity index is 1.57. The number of hydrogen-bond donors (Lipinski definition) is 2. The normalized spacial score (nSPS) is 12.0. The van der Waals surface area contributed by atoms with E-state index in [1.807, 2.05) is 30.3 Å². The van der Waals surface area contributed by atoms with Gasteiger partial charge in [0.05, 0.1) is 23.6 Å². The number of nitrogens with one attached hydrogen (secondary N) is 2. The molecule has 6 nitrogen and oxygen atoms in total. The van der Waals surface area contributed by atoms with Gasteiger partial charge in [0.15, 0.2) is 5.65 Å². The van der Waals surface area contributed by atoms with Crippen LogP contribution in [0.15, 0.2) is 61.1 Å². The minimum absolute atomic E-state index is 0.356. The standard InChI is InChI=1S/C25H22N6/c1-14(2)23-19-11-16(15-5-7-22-17(10-15)12-28-31(22)3)4-6-21(19)29-24(23)18-8-9-26-25-20(18)13-27-30-25/h4-14,29H,1-3H3,(H,26,27,30). The Kier molecular flexibility index (Phi) is 3.77. The van der Waals surface area contributed by atoms with E-state index in [-0.39, 0.29) is 0 Å². The third kappa shape index (κ3) is 2.68. The highest BCUT2D eigenvalue weighted by molar-refractivity contribution is 6.00.